The summed E-state index contributed by atoms with van der Waals surface area (Å²) in [5.74, 6) is 2.79. The van der Waals surface area contributed by atoms with Crippen LogP contribution in [0.5, 0.6) is 23.0 Å². The van der Waals surface area contributed by atoms with Crippen LogP contribution in [0.4, 0.5) is 0 Å². The Balaban J connectivity index is 2.34. The summed E-state index contributed by atoms with van der Waals surface area (Å²) < 4.78 is 21.3. The van der Waals surface area contributed by atoms with Crippen LogP contribution in [0.2, 0.25) is 0 Å². The zero-order valence-electron chi connectivity index (χ0n) is 12.7. The third kappa shape index (κ3) is 3.21. The van der Waals surface area contributed by atoms with Gasteiger partial charge in [-0.25, -0.2) is 0 Å². The molecule has 2 aromatic carbocycles. The summed E-state index contributed by atoms with van der Waals surface area (Å²) >= 11 is 0. The lowest BCUT2D eigenvalue weighted by Crippen LogP contribution is -1.97. The van der Waals surface area contributed by atoms with Gasteiger partial charge in [0, 0.05) is 12.0 Å². The number of hydrogen-bond donors (Lipinski definition) is 0. The van der Waals surface area contributed by atoms with Gasteiger partial charge >= 0.3 is 0 Å². The maximum Gasteiger partial charge on any atom is 0.164 e. The number of hydrogen-bond acceptors (Lipinski definition) is 4. The number of para-hydroxylation sites is 1. The number of rotatable bonds is 6. The molecule has 0 unspecified atom stereocenters. The van der Waals surface area contributed by atoms with Crippen molar-refractivity contribution in [3.8, 4) is 23.0 Å². The molecule has 0 spiro atoms. The van der Waals surface area contributed by atoms with Crippen molar-refractivity contribution >= 4 is 0 Å². The average molecular weight is 287 g/mol. The maximum absolute atomic E-state index is 5.43. The Morgan fingerprint density at radius 1 is 0.714 bits per heavy atom. The fourth-order valence-corrected chi connectivity index (χ4v) is 2.15. The highest BCUT2D eigenvalue weighted by molar-refractivity contribution is 5.55. The van der Waals surface area contributed by atoms with E-state index in [4.69, 9.17) is 18.9 Å². The number of benzene rings is 2. The highest BCUT2D eigenvalue weighted by atomic mass is 16.5. The van der Waals surface area contributed by atoms with E-state index >= 15 is 0 Å². The van der Waals surface area contributed by atoms with Crippen molar-refractivity contribution < 1.29 is 18.9 Å². The fraction of sp³-hybridized carbons (Fsp3) is 0.235. The third-order valence-electron chi connectivity index (χ3n) is 3.16. The molecule has 0 atom stereocenters. The maximum atomic E-state index is 5.43. The predicted molar refractivity (Wildman–Crippen MR) is 81.6 cm³/mol. The summed E-state index contributed by atoms with van der Waals surface area (Å²) in [5.41, 5.74) is 1.92. The second kappa shape index (κ2) is 6.88. The Hall–Kier alpha value is -2.36. The van der Waals surface area contributed by atoms with E-state index in [0.29, 0.717) is 23.0 Å². The molecule has 0 saturated carbocycles. The molecule has 0 aliphatic heterocycles. The SMILES string of the molecule is COc1ccc([CH]c2cccc(OC)c2OC)cc1OC. The zero-order valence-corrected chi connectivity index (χ0v) is 12.7. The lowest BCUT2D eigenvalue weighted by atomic mass is 10.0. The summed E-state index contributed by atoms with van der Waals surface area (Å²) in [6.45, 7) is 0. The second-order valence-electron chi connectivity index (χ2n) is 4.34. The molecule has 2 rings (SSSR count). The molecule has 21 heavy (non-hydrogen) atoms. The highest BCUT2D eigenvalue weighted by Gasteiger charge is 2.12. The second-order valence-corrected chi connectivity index (χ2v) is 4.34. The number of ether oxygens (including phenoxy) is 4. The van der Waals surface area contributed by atoms with Crippen molar-refractivity contribution in [2.75, 3.05) is 28.4 Å². The van der Waals surface area contributed by atoms with E-state index < -0.39 is 0 Å². The minimum absolute atomic E-state index is 0.688. The van der Waals surface area contributed by atoms with Crippen molar-refractivity contribution in [2.45, 2.75) is 0 Å². The molecular formula is C17H19O4. The Kier molecular flexibility index (Phi) is 4.93. The molecule has 4 heteroatoms. The number of methoxy groups -OCH3 is 4. The molecule has 111 valence electrons. The lowest BCUT2D eigenvalue weighted by molar-refractivity contribution is 0.353. The average Bonchev–Trinajstić information content (AvgIpc) is 2.54. The Bertz CT molecular complexity index is 608. The molecule has 0 aliphatic carbocycles. The van der Waals surface area contributed by atoms with Gasteiger partial charge in [-0.05, 0) is 23.8 Å². The normalized spacial score (nSPS) is 10.1. The van der Waals surface area contributed by atoms with Gasteiger partial charge in [-0.15, -0.1) is 0 Å². The van der Waals surface area contributed by atoms with E-state index in [2.05, 4.69) is 0 Å². The minimum Gasteiger partial charge on any atom is -0.493 e. The van der Waals surface area contributed by atoms with Crippen LogP contribution in [0.3, 0.4) is 0 Å². The van der Waals surface area contributed by atoms with Gasteiger partial charge in [-0.1, -0.05) is 18.2 Å². The molecule has 1 radical (unpaired) electrons. The Morgan fingerprint density at radius 2 is 1.43 bits per heavy atom. The predicted octanol–water partition coefficient (Wildman–Crippen LogP) is 3.32. The first kappa shape index (κ1) is 15.0. The smallest absolute Gasteiger partial charge is 0.164 e. The summed E-state index contributed by atoms with van der Waals surface area (Å²) in [5, 5.41) is 0. The van der Waals surface area contributed by atoms with Crippen LogP contribution in [0.15, 0.2) is 36.4 Å². The first-order chi connectivity index (χ1) is 10.2. The van der Waals surface area contributed by atoms with Crippen LogP contribution >= 0.6 is 0 Å². The molecule has 0 N–H and O–H groups in total. The van der Waals surface area contributed by atoms with E-state index in [1.165, 1.54) is 0 Å². The quantitative estimate of drug-likeness (QED) is 0.816. The Morgan fingerprint density at radius 3 is 2.05 bits per heavy atom. The molecule has 0 fully saturated rings. The van der Waals surface area contributed by atoms with Crippen molar-refractivity contribution in [3.63, 3.8) is 0 Å². The van der Waals surface area contributed by atoms with Crippen LogP contribution in [-0.4, -0.2) is 28.4 Å². The van der Waals surface area contributed by atoms with Gasteiger partial charge in [0.2, 0.25) is 0 Å². The third-order valence-corrected chi connectivity index (χ3v) is 3.16. The lowest BCUT2D eigenvalue weighted by Gasteiger charge is -2.13. The highest BCUT2D eigenvalue weighted by Crippen LogP contribution is 2.35. The van der Waals surface area contributed by atoms with E-state index in [-0.39, 0.29) is 0 Å². The van der Waals surface area contributed by atoms with E-state index in [9.17, 15) is 0 Å². The summed E-state index contributed by atoms with van der Waals surface area (Å²) in [4.78, 5) is 0. The van der Waals surface area contributed by atoms with E-state index in [0.717, 1.165) is 11.1 Å². The molecule has 0 amide bonds. The van der Waals surface area contributed by atoms with Crippen LogP contribution in [0, 0.1) is 6.42 Å². The molecule has 0 heterocycles. The van der Waals surface area contributed by atoms with Gasteiger partial charge in [0.1, 0.15) is 0 Å². The molecule has 4 nitrogen and oxygen atoms in total. The topological polar surface area (TPSA) is 36.9 Å². The van der Waals surface area contributed by atoms with Crippen LogP contribution in [0.25, 0.3) is 0 Å². The molecular weight excluding hydrogens is 268 g/mol. The fourth-order valence-electron chi connectivity index (χ4n) is 2.15. The monoisotopic (exact) mass is 287 g/mol. The van der Waals surface area contributed by atoms with Crippen LogP contribution in [-0.2, 0) is 0 Å². The van der Waals surface area contributed by atoms with Gasteiger partial charge in [-0.2, -0.15) is 0 Å². The summed E-state index contributed by atoms with van der Waals surface area (Å²) in [6.07, 6.45) is 2.00. The van der Waals surface area contributed by atoms with Gasteiger partial charge in [0.25, 0.3) is 0 Å². The minimum atomic E-state index is 0.688. The molecule has 2 aromatic rings. The van der Waals surface area contributed by atoms with Gasteiger partial charge in [0.05, 0.1) is 28.4 Å². The zero-order chi connectivity index (χ0) is 15.2. The van der Waals surface area contributed by atoms with E-state index in [1.807, 2.05) is 42.8 Å². The standard InChI is InChI=1S/C17H19O4/c1-18-14-9-8-12(11-16(14)20-3)10-13-6-5-7-15(19-2)17(13)21-4/h5-11H,1-4H3. The van der Waals surface area contributed by atoms with Crippen LogP contribution < -0.4 is 18.9 Å². The largest absolute Gasteiger partial charge is 0.493 e. The van der Waals surface area contributed by atoms with Crippen molar-refractivity contribution in [1.29, 1.82) is 0 Å². The summed E-state index contributed by atoms with van der Waals surface area (Å²) in [7, 11) is 6.49. The molecule has 0 bridgehead atoms. The van der Waals surface area contributed by atoms with Gasteiger partial charge < -0.3 is 18.9 Å². The van der Waals surface area contributed by atoms with Crippen molar-refractivity contribution in [2.24, 2.45) is 0 Å². The van der Waals surface area contributed by atoms with Crippen LogP contribution in [0.1, 0.15) is 11.1 Å². The van der Waals surface area contributed by atoms with Gasteiger partial charge in [0.15, 0.2) is 23.0 Å². The van der Waals surface area contributed by atoms with Crippen molar-refractivity contribution in [3.05, 3.63) is 53.9 Å². The molecule has 0 saturated heterocycles. The van der Waals surface area contributed by atoms with Crippen molar-refractivity contribution in [1.82, 2.24) is 0 Å². The van der Waals surface area contributed by atoms with E-state index in [1.54, 1.807) is 28.4 Å². The molecule has 0 aromatic heterocycles. The Labute approximate surface area is 125 Å². The van der Waals surface area contributed by atoms with Gasteiger partial charge in [-0.3, -0.25) is 0 Å². The first-order valence-electron chi connectivity index (χ1n) is 6.51. The molecule has 0 aliphatic rings. The summed E-state index contributed by atoms with van der Waals surface area (Å²) in [6, 6.07) is 11.5. The first-order valence-corrected chi connectivity index (χ1v) is 6.51.